The third kappa shape index (κ3) is 4.09. The molecule has 0 aliphatic carbocycles. The van der Waals surface area contributed by atoms with Gasteiger partial charge in [-0.3, -0.25) is 0 Å². The van der Waals surface area contributed by atoms with Crippen molar-refractivity contribution in [2.75, 3.05) is 7.11 Å². The molecule has 0 saturated carbocycles. The standard InChI is InChI=1S/C17H20FNO3S/c1-4-16(13-7-5-12(2)6-8-13)19-23(20,21)14-9-10-17(22-3)15(18)11-14/h5-11,16,19H,4H2,1-3H3. The number of rotatable bonds is 6. The molecule has 0 aliphatic rings. The van der Waals surface area contributed by atoms with Crippen LogP contribution in [0.1, 0.15) is 30.5 Å². The van der Waals surface area contributed by atoms with Gasteiger partial charge in [-0.2, -0.15) is 0 Å². The van der Waals surface area contributed by atoms with Crippen LogP contribution in [0.25, 0.3) is 0 Å². The lowest BCUT2D eigenvalue weighted by Crippen LogP contribution is -2.28. The van der Waals surface area contributed by atoms with E-state index in [2.05, 4.69) is 4.72 Å². The van der Waals surface area contributed by atoms with Gasteiger partial charge in [-0.25, -0.2) is 17.5 Å². The van der Waals surface area contributed by atoms with E-state index in [1.807, 2.05) is 38.1 Å². The van der Waals surface area contributed by atoms with Crippen LogP contribution < -0.4 is 9.46 Å². The summed E-state index contributed by atoms with van der Waals surface area (Å²) in [4.78, 5) is -0.124. The Bertz CT molecular complexity index is 773. The fourth-order valence-electron chi connectivity index (χ4n) is 2.26. The summed E-state index contributed by atoms with van der Waals surface area (Å²) in [6, 6.07) is 10.9. The van der Waals surface area contributed by atoms with E-state index in [1.54, 1.807) is 0 Å². The highest BCUT2D eigenvalue weighted by Gasteiger charge is 2.21. The molecular formula is C17H20FNO3S. The van der Waals surface area contributed by atoms with Gasteiger partial charge < -0.3 is 4.74 Å². The van der Waals surface area contributed by atoms with Crippen molar-refractivity contribution < 1.29 is 17.5 Å². The Morgan fingerprint density at radius 3 is 2.35 bits per heavy atom. The minimum Gasteiger partial charge on any atom is -0.494 e. The first-order valence-corrected chi connectivity index (χ1v) is 8.78. The van der Waals surface area contributed by atoms with E-state index in [4.69, 9.17) is 4.74 Å². The van der Waals surface area contributed by atoms with E-state index in [1.165, 1.54) is 19.2 Å². The minimum atomic E-state index is -3.82. The lowest BCUT2D eigenvalue weighted by molar-refractivity contribution is 0.385. The zero-order valence-electron chi connectivity index (χ0n) is 13.3. The molecule has 1 unspecified atom stereocenters. The third-order valence-electron chi connectivity index (χ3n) is 3.62. The van der Waals surface area contributed by atoms with Crippen LogP contribution >= 0.6 is 0 Å². The minimum absolute atomic E-state index is 0.00882. The van der Waals surface area contributed by atoms with Gasteiger partial charge >= 0.3 is 0 Å². The summed E-state index contributed by atoms with van der Waals surface area (Å²) in [6.45, 7) is 3.86. The Morgan fingerprint density at radius 2 is 1.83 bits per heavy atom. The Labute approximate surface area is 136 Å². The summed E-state index contributed by atoms with van der Waals surface area (Å²) >= 11 is 0. The first kappa shape index (κ1) is 17.4. The number of hydrogen-bond donors (Lipinski definition) is 1. The number of hydrogen-bond acceptors (Lipinski definition) is 3. The van der Waals surface area contributed by atoms with Gasteiger partial charge in [0.25, 0.3) is 0 Å². The van der Waals surface area contributed by atoms with Crippen molar-refractivity contribution >= 4 is 10.0 Å². The van der Waals surface area contributed by atoms with Crippen LogP contribution in [0.15, 0.2) is 47.4 Å². The molecule has 1 N–H and O–H groups in total. The Morgan fingerprint density at radius 1 is 1.17 bits per heavy atom. The van der Waals surface area contributed by atoms with E-state index in [0.717, 1.165) is 17.2 Å². The maximum atomic E-state index is 13.8. The molecule has 0 heterocycles. The van der Waals surface area contributed by atoms with Gasteiger partial charge in [0.05, 0.1) is 12.0 Å². The van der Waals surface area contributed by atoms with Crippen LogP contribution in [-0.4, -0.2) is 15.5 Å². The van der Waals surface area contributed by atoms with Crippen molar-refractivity contribution in [1.82, 2.24) is 4.72 Å². The van der Waals surface area contributed by atoms with Gasteiger partial charge in [0, 0.05) is 6.04 Å². The van der Waals surface area contributed by atoms with Crippen LogP contribution in [-0.2, 0) is 10.0 Å². The van der Waals surface area contributed by atoms with Gasteiger partial charge in [-0.15, -0.1) is 0 Å². The zero-order valence-corrected chi connectivity index (χ0v) is 14.2. The molecule has 2 aromatic rings. The van der Waals surface area contributed by atoms with Crippen LogP contribution in [0.2, 0.25) is 0 Å². The fraction of sp³-hybridized carbons (Fsp3) is 0.294. The van der Waals surface area contributed by atoms with Gasteiger partial charge in [-0.1, -0.05) is 36.8 Å². The Kier molecular flexibility index (Phi) is 5.38. The van der Waals surface area contributed by atoms with E-state index < -0.39 is 15.8 Å². The number of sulfonamides is 1. The molecule has 0 aliphatic heterocycles. The van der Waals surface area contributed by atoms with Gasteiger partial charge in [0.15, 0.2) is 11.6 Å². The topological polar surface area (TPSA) is 55.4 Å². The lowest BCUT2D eigenvalue weighted by Gasteiger charge is -2.18. The second-order valence-electron chi connectivity index (χ2n) is 5.29. The number of aryl methyl sites for hydroxylation is 1. The van der Waals surface area contributed by atoms with Crippen molar-refractivity contribution in [3.05, 3.63) is 59.4 Å². The van der Waals surface area contributed by atoms with Crippen molar-refractivity contribution in [1.29, 1.82) is 0 Å². The highest BCUT2D eigenvalue weighted by molar-refractivity contribution is 7.89. The molecule has 0 radical (unpaired) electrons. The summed E-state index contributed by atoms with van der Waals surface area (Å²) in [5.41, 5.74) is 1.97. The third-order valence-corrected chi connectivity index (χ3v) is 5.09. The monoisotopic (exact) mass is 337 g/mol. The number of methoxy groups -OCH3 is 1. The normalized spacial score (nSPS) is 12.9. The van der Waals surface area contributed by atoms with Crippen LogP contribution in [0.5, 0.6) is 5.75 Å². The average Bonchev–Trinajstić information content (AvgIpc) is 2.53. The molecule has 2 aromatic carbocycles. The summed E-state index contributed by atoms with van der Waals surface area (Å²) in [7, 11) is -2.49. The van der Waals surface area contributed by atoms with Crippen molar-refractivity contribution in [2.45, 2.75) is 31.2 Å². The molecule has 124 valence electrons. The first-order valence-electron chi connectivity index (χ1n) is 7.30. The fourth-order valence-corrected chi connectivity index (χ4v) is 3.57. The summed E-state index contributed by atoms with van der Waals surface area (Å²) in [6.07, 6.45) is 0.584. The van der Waals surface area contributed by atoms with Crippen molar-refractivity contribution in [2.24, 2.45) is 0 Å². The highest BCUT2D eigenvalue weighted by atomic mass is 32.2. The van der Waals surface area contributed by atoms with Gasteiger partial charge in [0.2, 0.25) is 10.0 Å². The number of ether oxygens (including phenoxy) is 1. The SMILES string of the molecule is CCC(NS(=O)(=O)c1ccc(OC)c(F)c1)c1ccc(C)cc1. The molecular weight excluding hydrogens is 317 g/mol. The number of nitrogens with one attached hydrogen (secondary N) is 1. The van der Waals surface area contributed by atoms with Crippen molar-refractivity contribution in [3.8, 4) is 5.75 Å². The zero-order chi connectivity index (χ0) is 17.0. The number of halogens is 1. The van der Waals surface area contributed by atoms with Crippen LogP contribution in [0.4, 0.5) is 4.39 Å². The summed E-state index contributed by atoms with van der Waals surface area (Å²) in [5.74, 6) is -0.701. The molecule has 0 amide bonds. The van der Waals surface area contributed by atoms with E-state index in [0.29, 0.717) is 6.42 Å². The molecule has 0 fully saturated rings. The highest BCUT2D eigenvalue weighted by Crippen LogP contribution is 2.24. The predicted octanol–water partition coefficient (Wildman–Crippen LogP) is 3.57. The first-order chi connectivity index (χ1) is 10.9. The van der Waals surface area contributed by atoms with Gasteiger partial charge in [0.1, 0.15) is 0 Å². The van der Waals surface area contributed by atoms with E-state index in [9.17, 15) is 12.8 Å². The molecule has 0 aromatic heterocycles. The Hall–Kier alpha value is -1.92. The average molecular weight is 337 g/mol. The smallest absolute Gasteiger partial charge is 0.241 e. The molecule has 4 nitrogen and oxygen atoms in total. The van der Waals surface area contributed by atoms with Crippen LogP contribution in [0.3, 0.4) is 0 Å². The molecule has 0 bridgehead atoms. The predicted molar refractivity (Wildman–Crippen MR) is 87.5 cm³/mol. The maximum Gasteiger partial charge on any atom is 0.241 e. The summed E-state index contributed by atoms with van der Waals surface area (Å²) in [5, 5.41) is 0. The van der Waals surface area contributed by atoms with Crippen LogP contribution in [0, 0.1) is 12.7 Å². The van der Waals surface area contributed by atoms with Crippen molar-refractivity contribution in [3.63, 3.8) is 0 Å². The molecule has 1 atom stereocenters. The quantitative estimate of drug-likeness (QED) is 0.877. The Balaban J connectivity index is 2.28. The van der Waals surface area contributed by atoms with E-state index in [-0.39, 0.29) is 16.7 Å². The lowest BCUT2D eigenvalue weighted by atomic mass is 10.0. The molecule has 0 spiro atoms. The largest absolute Gasteiger partial charge is 0.494 e. The second-order valence-corrected chi connectivity index (χ2v) is 7.00. The molecule has 2 rings (SSSR count). The molecule has 23 heavy (non-hydrogen) atoms. The summed E-state index contributed by atoms with van der Waals surface area (Å²) < 4.78 is 46.1. The molecule has 6 heteroatoms. The van der Waals surface area contributed by atoms with Gasteiger partial charge in [-0.05, 0) is 37.1 Å². The molecule has 0 saturated heterocycles. The maximum absolute atomic E-state index is 13.8. The second kappa shape index (κ2) is 7.10. The van der Waals surface area contributed by atoms with E-state index >= 15 is 0 Å². The number of benzene rings is 2.